The quantitative estimate of drug-likeness (QED) is 0.713. The Morgan fingerprint density at radius 2 is 1.14 bits per heavy atom. The zero-order valence-corrected chi connectivity index (χ0v) is 8.15. The molecule has 7 heavy (non-hydrogen) atoms. The predicted molar refractivity (Wildman–Crippen MR) is 28.2 cm³/mol. The molecule has 4 heteroatoms. The Morgan fingerprint density at radius 3 is 1.14 bits per heavy atom. The molecular weight excluding hydrogens is 293 g/mol. The predicted octanol–water partition coefficient (Wildman–Crippen LogP) is -0.357. The van der Waals surface area contributed by atoms with Gasteiger partial charge < -0.3 is 0 Å². The fourth-order valence-corrected chi connectivity index (χ4v) is 1.96. The van der Waals surface area contributed by atoms with Crippen molar-refractivity contribution in [3.63, 3.8) is 0 Å². The molecule has 0 aromatic carbocycles. The molecule has 0 saturated carbocycles. The van der Waals surface area contributed by atoms with Gasteiger partial charge in [0, 0.05) is 0 Å². The summed E-state index contributed by atoms with van der Waals surface area (Å²) in [6.45, 7) is 0. The molecule has 3 nitrogen and oxygen atoms in total. The van der Waals surface area contributed by atoms with Crippen LogP contribution in [0.4, 0.5) is 0 Å². The Morgan fingerprint density at radius 1 is 0.857 bits per heavy atom. The van der Waals surface area contributed by atoms with E-state index in [0.717, 1.165) is 0 Å². The van der Waals surface area contributed by atoms with E-state index < -0.39 is 23.4 Å². The molecule has 0 rings (SSSR count). The van der Waals surface area contributed by atoms with Gasteiger partial charge in [-0.05, 0) is 0 Å². The molecule has 0 radical (unpaired) electrons. The van der Waals surface area contributed by atoms with Crippen LogP contribution in [-0.2, 0) is 8.31 Å². The molecule has 0 fully saturated rings. The summed E-state index contributed by atoms with van der Waals surface area (Å²) in [5.41, 5.74) is 0. The first-order valence-corrected chi connectivity index (χ1v) is 6.03. The van der Waals surface area contributed by atoms with Crippen molar-refractivity contribution >= 4 is 23.4 Å². The molecule has 0 aliphatic carbocycles. The summed E-state index contributed by atoms with van der Waals surface area (Å²) in [5.74, 6) is 0. The van der Waals surface area contributed by atoms with Crippen LogP contribution in [0.15, 0.2) is 0 Å². The van der Waals surface area contributed by atoms with E-state index in [1.54, 1.807) is 21.3 Å². The first-order valence-electron chi connectivity index (χ1n) is 1.77. The molecule has 0 amide bonds. The van der Waals surface area contributed by atoms with Crippen molar-refractivity contribution in [3.8, 4) is 0 Å². The topological polar surface area (TPSA) is 27.7 Å². The van der Waals surface area contributed by atoms with E-state index >= 15 is 0 Å². The molecule has 0 heterocycles. The van der Waals surface area contributed by atoms with E-state index in [2.05, 4.69) is 0 Å². The number of hydrogen-bond acceptors (Lipinski definition) is 3. The molecule has 0 unspecified atom stereocenters. The first-order chi connectivity index (χ1) is 3.35. The Kier molecular flexibility index (Phi) is 5.47. The van der Waals surface area contributed by atoms with E-state index in [1.807, 2.05) is 0 Å². The molecule has 0 aromatic rings. The molecular formula is C3H10O3Po. The first kappa shape index (κ1) is 7.78. The Hall–Kier alpha value is 0.776. The van der Waals surface area contributed by atoms with Gasteiger partial charge in [-0.25, -0.2) is 0 Å². The standard InChI is InChI=1S/3CH3O.Po.H/c3*1-2;;/h3*1H3;;/q3*-1;+3;. The van der Waals surface area contributed by atoms with E-state index in [4.69, 9.17) is 8.31 Å². The van der Waals surface area contributed by atoms with Crippen LogP contribution in [-0.4, -0.2) is 44.7 Å². The van der Waals surface area contributed by atoms with Crippen molar-refractivity contribution in [2.45, 2.75) is 0 Å². The summed E-state index contributed by atoms with van der Waals surface area (Å²) in [6.07, 6.45) is 0. The van der Waals surface area contributed by atoms with Gasteiger partial charge in [-0.1, -0.05) is 0 Å². The number of hydrogen-bond donors (Lipinski definition) is 0. The van der Waals surface area contributed by atoms with Crippen molar-refractivity contribution in [3.05, 3.63) is 0 Å². The molecule has 0 saturated heterocycles. The maximum atomic E-state index is 4.81. The Bertz CT molecular complexity index is 31.7. The second-order valence-corrected chi connectivity index (χ2v) is 6.77. The van der Waals surface area contributed by atoms with Gasteiger partial charge in [0.05, 0.1) is 0 Å². The maximum absolute atomic E-state index is 4.81. The molecule has 0 aliphatic heterocycles. The Labute approximate surface area is 53.3 Å². The molecule has 0 spiro atoms. The normalized spacial score (nSPS) is 11.6. The van der Waals surface area contributed by atoms with Crippen LogP contribution in [0.2, 0.25) is 0 Å². The van der Waals surface area contributed by atoms with Crippen LogP contribution in [0.3, 0.4) is 0 Å². The van der Waals surface area contributed by atoms with Crippen LogP contribution in [0.25, 0.3) is 0 Å². The monoisotopic (exact) mass is 303 g/mol. The van der Waals surface area contributed by atoms with Crippen molar-refractivity contribution < 1.29 is 8.31 Å². The summed E-state index contributed by atoms with van der Waals surface area (Å²) in [4.78, 5) is 0. The van der Waals surface area contributed by atoms with Crippen molar-refractivity contribution in [1.29, 1.82) is 0 Å². The summed E-state index contributed by atoms with van der Waals surface area (Å²) < 4.78 is 14.4. The van der Waals surface area contributed by atoms with E-state index in [-0.39, 0.29) is 0 Å². The zero-order chi connectivity index (χ0) is 5.70. The van der Waals surface area contributed by atoms with Gasteiger partial charge in [0.15, 0.2) is 0 Å². The SMILES string of the molecule is C[O][PoH]([O]C)[O]C. The van der Waals surface area contributed by atoms with E-state index in [9.17, 15) is 0 Å². The van der Waals surface area contributed by atoms with Gasteiger partial charge in [0.2, 0.25) is 0 Å². The second kappa shape index (κ2) is 4.92. The second-order valence-electron chi connectivity index (χ2n) is 0.771. The van der Waals surface area contributed by atoms with Gasteiger partial charge in [0.25, 0.3) is 0 Å². The van der Waals surface area contributed by atoms with E-state index in [1.165, 1.54) is 0 Å². The molecule has 0 bridgehead atoms. The minimum atomic E-state index is -2.21. The average Bonchev–Trinajstić information content (AvgIpc) is 1.72. The van der Waals surface area contributed by atoms with Crippen LogP contribution in [0.5, 0.6) is 0 Å². The fraction of sp³-hybridized carbons (Fsp3) is 1.00. The molecule has 0 aromatic heterocycles. The molecule has 0 aliphatic rings. The van der Waals surface area contributed by atoms with E-state index in [0.29, 0.717) is 0 Å². The van der Waals surface area contributed by atoms with Crippen molar-refractivity contribution in [2.24, 2.45) is 0 Å². The molecule has 0 atom stereocenters. The summed E-state index contributed by atoms with van der Waals surface area (Å²) >= 11 is -2.21. The molecule has 46 valence electrons. The van der Waals surface area contributed by atoms with Gasteiger partial charge in [-0.15, -0.1) is 0 Å². The number of rotatable bonds is 3. The van der Waals surface area contributed by atoms with Crippen LogP contribution in [0.1, 0.15) is 0 Å². The average molecular weight is 303 g/mol. The third-order valence-corrected chi connectivity index (χ3v) is 3.92. The van der Waals surface area contributed by atoms with Gasteiger partial charge in [-0.3, -0.25) is 0 Å². The fourth-order valence-electron chi connectivity index (χ4n) is 0.224. The van der Waals surface area contributed by atoms with Gasteiger partial charge in [-0.2, -0.15) is 0 Å². The van der Waals surface area contributed by atoms with Gasteiger partial charge in [0.1, 0.15) is 0 Å². The summed E-state index contributed by atoms with van der Waals surface area (Å²) in [7, 11) is 4.81. The third-order valence-electron chi connectivity index (χ3n) is 0.447. The summed E-state index contributed by atoms with van der Waals surface area (Å²) in [5, 5.41) is 0. The zero-order valence-electron chi connectivity index (χ0n) is 4.67. The van der Waals surface area contributed by atoms with Crippen molar-refractivity contribution in [2.75, 3.05) is 21.3 Å². The minimum absolute atomic E-state index is 1.60. The third kappa shape index (κ3) is 3.37. The summed E-state index contributed by atoms with van der Waals surface area (Å²) in [6, 6.07) is 0. The van der Waals surface area contributed by atoms with Gasteiger partial charge >= 0.3 is 53.0 Å². The van der Waals surface area contributed by atoms with Crippen LogP contribution < -0.4 is 0 Å². The van der Waals surface area contributed by atoms with Crippen molar-refractivity contribution in [1.82, 2.24) is 0 Å². The van der Waals surface area contributed by atoms with Crippen LogP contribution >= 0.6 is 0 Å². The Balaban J connectivity index is 2.99. The molecule has 0 N–H and O–H groups in total. The van der Waals surface area contributed by atoms with Crippen LogP contribution in [0, 0.1) is 0 Å².